The van der Waals surface area contributed by atoms with Crippen LogP contribution in [-0.2, 0) is 19.1 Å². The maximum Gasteiger partial charge on any atom is 0.305 e. The van der Waals surface area contributed by atoms with E-state index in [1.807, 2.05) is 6.92 Å². The SMILES string of the molecule is C=C(C)CCOC(=O)CCCCCCCCC(=O)OCCCCCCCCC. The summed E-state index contributed by atoms with van der Waals surface area (Å²) in [7, 11) is 0. The van der Waals surface area contributed by atoms with Gasteiger partial charge in [0.1, 0.15) is 0 Å². The molecule has 0 radical (unpaired) electrons. The molecule has 0 saturated carbocycles. The van der Waals surface area contributed by atoms with Gasteiger partial charge in [0.15, 0.2) is 0 Å². The summed E-state index contributed by atoms with van der Waals surface area (Å²) in [6.07, 6.45) is 16.5. The summed E-state index contributed by atoms with van der Waals surface area (Å²) in [5.74, 6) is -0.159. The number of esters is 2. The quantitative estimate of drug-likeness (QED) is 0.127. The van der Waals surface area contributed by atoms with Crippen molar-refractivity contribution in [1.29, 1.82) is 0 Å². The molecule has 0 rings (SSSR count). The molecule has 0 N–H and O–H groups in total. The molecule has 0 spiro atoms. The van der Waals surface area contributed by atoms with E-state index in [4.69, 9.17) is 9.47 Å². The number of carbonyl (C=O) groups is 2. The van der Waals surface area contributed by atoms with Gasteiger partial charge in [-0.3, -0.25) is 9.59 Å². The minimum absolute atomic E-state index is 0.0523. The van der Waals surface area contributed by atoms with Gasteiger partial charge in [0.05, 0.1) is 13.2 Å². The molecule has 4 heteroatoms. The predicted molar refractivity (Wildman–Crippen MR) is 116 cm³/mol. The second kappa shape index (κ2) is 20.4. The summed E-state index contributed by atoms with van der Waals surface area (Å²) in [6, 6.07) is 0. The summed E-state index contributed by atoms with van der Waals surface area (Å²) in [6.45, 7) is 8.98. The zero-order chi connectivity index (χ0) is 20.9. The smallest absolute Gasteiger partial charge is 0.305 e. The van der Waals surface area contributed by atoms with Gasteiger partial charge in [-0.2, -0.15) is 0 Å². The van der Waals surface area contributed by atoms with Crippen LogP contribution in [0.1, 0.15) is 117 Å². The van der Waals surface area contributed by atoms with E-state index in [0.717, 1.165) is 56.9 Å². The highest BCUT2D eigenvalue weighted by atomic mass is 16.5. The fourth-order valence-corrected chi connectivity index (χ4v) is 2.97. The molecule has 0 fully saturated rings. The Balaban J connectivity index is 3.27. The molecule has 28 heavy (non-hydrogen) atoms. The lowest BCUT2D eigenvalue weighted by Gasteiger charge is -2.06. The first-order valence-electron chi connectivity index (χ1n) is 11.5. The van der Waals surface area contributed by atoms with Crippen molar-refractivity contribution in [2.24, 2.45) is 0 Å². The third-order valence-electron chi connectivity index (χ3n) is 4.81. The molecule has 0 heterocycles. The summed E-state index contributed by atoms with van der Waals surface area (Å²) in [5.41, 5.74) is 1.04. The van der Waals surface area contributed by atoms with Crippen LogP contribution in [0.5, 0.6) is 0 Å². The lowest BCUT2D eigenvalue weighted by Crippen LogP contribution is -2.06. The number of hydrogen-bond acceptors (Lipinski definition) is 4. The number of unbranched alkanes of at least 4 members (excludes halogenated alkanes) is 11. The molecule has 0 aliphatic carbocycles. The number of ether oxygens (including phenoxy) is 2. The van der Waals surface area contributed by atoms with Crippen molar-refractivity contribution in [2.45, 2.75) is 117 Å². The van der Waals surface area contributed by atoms with Crippen molar-refractivity contribution in [3.05, 3.63) is 12.2 Å². The van der Waals surface area contributed by atoms with Crippen LogP contribution < -0.4 is 0 Å². The molecule has 0 aliphatic heterocycles. The van der Waals surface area contributed by atoms with E-state index in [2.05, 4.69) is 13.5 Å². The highest BCUT2D eigenvalue weighted by molar-refractivity contribution is 5.69. The van der Waals surface area contributed by atoms with Gasteiger partial charge >= 0.3 is 11.9 Å². The average Bonchev–Trinajstić information content (AvgIpc) is 2.65. The molecule has 0 atom stereocenters. The van der Waals surface area contributed by atoms with Crippen LogP contribution >= 0.6 is 0 Å². The van der Waals surface area contributed by atoms with Crippen LogP contribution in [0.15, 0.2) is 12.2 Å². The zero-order valence-electron chi connectivity index (χ0n) is 18.6. The van der Waals surface area contributed by atoms with Crippen LogP contribution in [0.3, 0.4) is 0 Å². The Bertz CT molecular complexity index is 403. The van der Waals surface area contributed by atoms with Crippen molar-refractivity contribution in [2.75, 3.05) is 13.2 Å². The number of hydrogen-bond donors (Lipinski definition) is 0. The number of carbonyl (C=O) groups excluding carboxylic acids is 2. The van der Waals surface area contributed by atoms with E-state index in [1.54, 1.807) is 0 Å². The molecule has 0 amide bonds. The lowest BCUT2D eigenvalue weighted by molar-refractivity contribution is -0.144. The Morgan fingerprint density at radius 3 is 1.54 bits per heavy atom. The Kier molecular flexibility index (Phi) is 19.5. The largest absolute Gasteiger partial charge is 0.466 e. The van der Waals surface area contributed by atoms with Crippen LogP contribution in [0.2, 0.25) is 0 Å². The topological polar surface area (TPSA) is 52.6 Å². The van der Waals surface area contributed by atoms with Gasteiger partial charge in [-0.15, -0.1) is 6.58 Å². The van der Waals surface area contributed by atoms with Gasteiger partial charge in [-0.1, -0.05) is 76.7 Å². The van der Waals surface area contributed by atoms with Crippen LogP contribution in [-0.4, -0.2) is 25.2 Å². The first kappa shape index (κ1) is 26.7. The fraction of sp³-hybridized carbons (Fsp3) is 0.833. The molecule has 0 unspecified atom stereocenters. The van der Waals surface area contributed by atoms with Crippen molar-refractivity contribution in [3.8, 4) is 0 Å². The van der Waals surface area contributed by atoms with Gasteiger partial charge in [0.2, 0.25) is 0 Å². The van der Waals surface area contributed by atoms with Gasteiger partial charge < -0.3 is 9.47 Å². The predicted octanol–water partition coefficient (Wildman–Crippen LogP) is 6.91. The average molecular weight is 397 g/mol. The van der Waals surface area contributed by atoms with Crippen LogP contribution in [0, 0.1) is 0 Å². The van der Waals surface area contributed by atoms with E-state index in [-0.39, 0.29) is 11.9 Å². The normalized spacial score (nSPS) is 10.6. The monoisotopic (exact) mass is 396 g/mol. The Morgan fingerprint density at radius 1 is 0.607 bits per heavy atom. The first-order chi connectivity index (χ1) is 13.6. The standard InChI is InChI=1S/C24H44O4/c1-4-5-6-7-10-13-16-20-27-23(25)17-14-11-8-9-12-15-18-24(26)28-21-19-22(2)3/h2,4-21H2,1,3H3. The molecular weight excluding hydrogens is 352 g/mol. The van der Waals surface area contributed by atoms with E-state index >= 15 is 0 Å². The van der Waals surface area contributed by atoms with E-state index < -0.39 is 0 Å². The van der Waals surface area contributed by atoms with Crippen LogP contribution in [0.4, 0.5) is 0 Å². The van der Waals surface area contributed by atoms with E-state index in [1.165, 1.54) is 38.5 Å². The third kappa shape index (κ3) is 21.0. The second-order valence-corrected chi connectivity index (χ2v) is 7.89. The molecule has 4 nitrogen and oxygen atoms in total. The molecular formula is C24H44O4. The van der Waals surface area contributed by atoms with Crippen molar-refractivity contribution in [1.82, 2.24) is 0 Å². The molecule has 164 valence electrons. The van der Waals surface area contributed by atoms with E-state index in [0.29, 0.717) is 26.1 Å². The number of rotatable bonds is 20. The maximum absolute atomic E-state index is 11.7. The highest BCUT2D eigenvalue weighted by Gasteiger charge is 2.04. The summed E-state index contributed by atoms with van der Waals surface area (Å²) in [4.78, 5) is 23.2. The van der Waals surface area contributed by atoms with Crippen molar-refractivity contribution < 1.29 is 19.1 Å². The third-order valence-corrected chi connectivity index (χ3v) is 4.81. The Hall–Kier alpha value is -1.32. The van der Waals surface area contributed by atoms with Crippen molar-refractivity contribution >= 4 is 11.9 Å². The first-order valence-corrected chi connectivity index (χ1v) is 11.5. The molecule has 0 bridgehead atoms. The maximum atomic E-state index is 11.7. The lowest BCUT2D eigenvalue weighted by atomic mass is 10.1. The molecule has 0 aliphatic rings. The molecule has 0 aromatic carbocycles. The Labute approximate surface area is 173 Å². The van der Waals surface area contributed by atoms with Crippen LogP contribution in [0.25, 0.3) is 0 Å². The highest BCUT2D eigenvalue weighted by Crippen LogP contribution is 2.11. The fourth-order valence-electron chi connectivity index (χ4n) is 2.97. The molecule has 0 aromatic rings. The summed E-state index contributed by atoms with van der Waals surface area (Å²) in [5, 5.41) is 0. The minimum Gasteiger partial charge on any atom is -0.466 e. The summed E-state index contributed by atoms with van der Waals surface area (Å²) < 4.78 is 10.4. The van der Waals surface area contributed by atoms with E-state index in [9.17, 15) is 9.59 Å². The molecule has 0 aromatic heterocycles. The van der Waals surface area contributed by atoms with Crippen molar-refractivity contribution in [3.63, 3.8) is 0 Å². The zero-order valence-corrected chi connectivity index (χ0v) is 18.6. The van der Waals surface area contributed by atoms with Gasteiger partial charge in [0, 0.05) is 19.3 Å². The second-order valence-electron chi connectivity index (χ2n) is 7.89. The van der Waals surface area contributed by atoms with Gasteiger partial charge in [-0.25, -0.2) is 0 Å². The minimum atomic E-state index is -0.107. The van der Waals surface area contributed by atoms with Gasteiger partial charge in [0.25, 0.3) is 0 Å². The summed E-state index contributed by atoms with van der Waals surface area (Å²) >= 11 is 0. The Morgan fingerprint density at radius 2 is 1.04 bits per heavy atom. The molecule has 0 saturated heterocycles. The van der Waals surface area contributed by atoms with Gasteiger partial charge in [-0.05, 0) is 26.2 Å².